The molecule has 2 aromatic rings. The van der Waals surface area contributed by atoms with Gasteiger partial charge in [0.05, 0.1) is 16.4 Å². The van der Waals surface area contributed by atoms with Crippen LogP contribution in [0.15, 0.2) is 48.5 Å². The third-order valence-electron chi connectivity index (χ3n) is 3.87. The van der Waals surface area contributed by atoms with Gasteiger partial charge in [0.1, 0.15) is 0 Å². The Balaban J connectivity index is 2.07. The van der Waals surface area contributed by atoms with Gasteiger partial charge in [0.15, 0.2) is 0 Å². The maximum absolute atomic E-state index is 12.4. The van der Waals surface area contributed by atoms with Crippen LogP contribution < -0.4 is 9.44 Å². The fourth-order valence-corrected chi connectivity index (χ4v) is 5.25. The summed E-state index contributed by atoms with van der Waals surface area (Å²) in [6.07, 6.45) is 0. The molecule has 0 spiro atoms. The Kier molecular flexibility index (Phi) is 7.47. The van der Waals surface area contributed by atoms with Gasteiger partial charge in [-0.25, -0.2) is 26.3 Å². The monoisotopic (exact) mass is 441 g/mol. The van der Waals surface area contributed by atoms with Gasteiger partial charge in [0, 0.05) is 24.7 Å². The second kappa shape index (κ2) is 9.44. The van der Waals surface area contributed by atoms with Crippen LogP contribution in [0.5, 0.6) is 0 Å². The summed E-state index contributed by atoms with van der Waals surface area (Å²) in [6.45, 7) is 3.37. The van der Waals surface area contributed by atoms with Crippen molar-refractivity contribution in [2.45, 2.75) is 37.9 Å². The quantitative estimate of drug-likeness (QED) is 0.428. The highest BCUT2D eigenvalue weighted by Gasteiger charge is 2.17. The minimum atomic E-state index is -3.73. The molecular weight excluding hydrogens is 418 g/mol. The third kappa shape index (κ3) is 7.54. The molecule has 0 aliphatic heterocycles. The number of benzene rings is 2. The summed E-state index contributed by atoms with van der Waals surface area (Å²) >= 11 is 0. The molecule has 0 saturated heterocycles. The molecule has 0 aliphatic carbocycles. The van der Waals surface area contributed by atoms with E-state index in [1.807, 2.05) is 0 Å². The summed E-state index contributed by atoms with van der Waals surface area (Å²) in [5.74, 6) is -0.605. The van der Waals surface area contributed by atoms with Crippen molar-refractivity contribution in [3.8, 4) is 0 Å². The minimum Gasteiger partial charge on any atom is -0.258 e. The number of hydrogen-bond acceptors (Lipinski definition) is 6. The highest BCUT2D eigenvalue weighted by atomic mass is 32.2. The molecule has 29 heavy (non-hydrogen) atoms. The predicted octanol–water partition coefficient (Wildman–Crippen LogP) is 2.04. The molecule has 0 bridgehead atoms. The Labute approximate surface area is 170 Å². The van der Waals surface area contributed by atoms with Crippen molar-refractivity contribution in [1.82, 2.24) is 9.44 Å². The molecule has 0 atom stereocenters. The van der Waals surface area contributed by atoms with Crippen LogP contribution >= 0.6 is 0 Å². The molecule has 0 heterocycles. The van der Waals surface area contributed by atoms with Gasteiger partial charge in [-0.3, -0.25) is 10.1 Å². The van der Waals surface area contributed by atoms with Crippen molar-refractivity contribution < 1.29 is 21.8 Å². The smallest absolute Gasteiger partial charge is 0.258 e. The Morgan fingerprint density at radius 2 is 1.48 bits per heavy atom. The van der Waals surface area contributed by atoms with Crippen LogP contribution in [-0.2, 0) is 38.1 Å². The zero-order valence-electron chi connectivity index (χ0n) is 16.0. The molecule has 11 heteroatoms. The van der Waals surface area contributed by atoms with E-state index in [0.717, 1.165) is 0 Å². The van der Waals surface area contributed by atoms with Crippen LogP contribution in [0.1, 0.15) is 30.5 Å². The van der Waals surface area contributed by atoms with Crippen molar-refractivity contribution >= 4 is 25.7 Å². The first-order valence-electron chi connectivity index (χ1n) is 8.75. The van der Waals surface area contributed by atoms with Crippen molar-refractivity contribution in [2.75, 3.05) is 0 Å². The molecule has 0 fully saturated rings. The highest BCUT2D eigenvalue weighted by molar-refractivity contribution is 7.89. The predicted molar refractivity (Wildman–Crippen MR) is 110 cm³/mol. The van der Waals surface area contributed by atoms with E-state index in [-0.39, 0.29) is 29.8 Å². The number of nitrogens with zero attached hydrogens (tertiary/aromatic N) is 1. The zero-order chi connectivity index (χ0) is 21.7. The first-order valence-corrected chi connectivity index (χ1v) is 12.1. The van der Waals surface area contributed by atoms with Gasteiger partial charge in [-0.1, -0.05) is 36.4 Å². The number of nitrogens with one attached hydrogen (secondary N) is 2. The Bertz CT molecular complexity index is 1070. The molecule has 0 aliphatic rings. The summed E-state index contributed by atoms with van der Waals surface area (Å²) in [5.41, 5.74) is 1.33. The molecular formula is C18H23N3O6S2. The number of hydrogen-bond donors (Lipinski definition) is 2. The summed E-state index contributed by atoms with van der Waals surface area (Å²) in [7, 11) is -7.28. The van der Waals surface area contributed by atoms with Gasteiger partial charge in [0.2, 0.25) is 20.0 Å². The lowest BCUT2D eigenvalue weighted by Gasteiger charge is -2.13. The largest absolute Gasteiger partial charge is 0.269 e. The number of non-ortho nitro benzene ring substituents is 1. The van der Waals surface area contributed by atoms with Crippen LogP contribution in [0.4, 0.5) is 5.69 Å². The van der Waals surface area contributed by atoms with Gasteiger partial charge in [-0.05, 0) is 30.5 Å². The van der Waals surface area contributed by atoms with Crippen LogP contribution in [0, 0.1) is 10.1 Å². The topological polar surface area (TPSA) is 135 Å². The van der Waals surface area contributed by atoms with E-state index in [1.54, 1.807) is 38.1 Å². The molecule has 2 N–H and O–H groups in total. The summed E-state index contributed by atoms with van der Waals surface area (Å²) in [4.78, 5) is 10.1. The Morgan fingerprint density at radius 3 is 2.03 bits per heavy atom. The maximum Gasteiger partial charge on any atom is 0.269 e. The van der Waals surface area contributed by atoms with Gasteiger partial charge in [0.25, 0.3) is 5.69 Å². The normalized spacial score (nSPS) is 12.2. The molecule has 0 saturated carbocycles. The Hall–Kier alpha value is -2.34. The van der Waals surface area contributed by atoms with E-state index in [2.05, 4.69) is 9.44 Å². The molecule has 2 aromatic carbocycles. The lowest BCUT2D eigenvalue weighted by atomic mass is 10.1. The van der Waals surface area contributed by atoms with Gasteiger partial charge in [-0.2, -0.15) is 0 Å². The van der Waals surface area contributed by atoms with Gasteiger partial charge >= 0.3 is 0 Å². The molecule has 0 radical (unpaired) electrons. The van der Waals surface area contributed by atoms with Gasteiger partial charge in [-0.15, -0.1) is 0 Å². The Morgan fingerprint density at radius 1 is 0.897 bits per heavy atom. The summed E-state index contributed by atoms with van der Waals surface area (Å²) in [6, 6.07) is 11.7. The highest BCUT2D eigenvalue weighted by Crippen LogP contribution is 2.15. The average molecular weight is 442 g/mol. The molecule has 0 aromatic heterocycles. The van der Waals surface area contributed by atoms with Crippen LogP contribution in [0.2, 0.25) is 0 Å². The molecule has 9 nitrogen and oxygen atoms in total. The number of sulfonamides is 2. The number of rotatable bonds is 10. The second-order valence-electron chi connectivity index (χ2n) is 6.80. The van der Waals surface area contributed by atoms with E-state index in [4.69, 9.17) is 0 Å². The zero-order valence-corrected chi connectivity index (χ0v) is 17.7. The first kappa shape index (κ1) is 22.9. The molecule has 158 valence electrons. The van der Waals surface area contributed by atoms with Crippen molar-refractivity contribution in [3.05, 3.63) is 75.3 Å². The van der Waals surface area contributed by atoms with E-state index in [1.165, 1.54) is 24.3 Å². The first-order chi connectivity index (χ1) is 13.5. The number of nitro benzene ring substituents is 1. The van der Waals surface area contributed by atoms with Crippen molar-refractivity contribution in [2.24, 2.45) is 0 Å². The fraction of sp³-hybridized carbons (Fsp3) is 0.333. The van der Waals surface area contributed by atoms with E-state index >= 15 is 0 Å². The lowest BCUT2D eigenvalue weighted by Crippen LogP contribution is -2.32. The standard InChI is InChI=1S/C18H23N3O6S2/c1-14(2)20-29(26,27)13-17-6-4-3-5-16(17)11-19-28(24,25)12-15-7-9-18(10-8-15)21(22)23/h3-10,14,19-20H,11-13H2,1-2H3. The number of nitro groups is 1. The van der Waals surface area contributed by atoms with E-state index in [9.17, 15) is 26.9 Å². The molecule has 0 unspecified atom stereocenters. The van der Waals surface area contributed by atoms with E-state index in [0.29, 0.717) is 16.7 Å². The SMILES string of the molecule is CC(C)NS(=O)(=O)Cc1ccccc1CNS(=O)(=O)Cc1ccc([N+](=O)[O-])cc1. The van der Waals surface area contributed by atoms with Crippen LogP contribution in [0.3, 0.4) is 0 Å². The second-order valence-corrected chi connectivity index (χ2v) is 10.4. The third-order valence-corrected chi connectivity index (χ3v) is 6.68. The van der Waals surface area contributed by atoms with Crippen molar-refractivity contribution in [1.29, 1.82) is 0 Å². The molecule has 2 rings (SSSR count). The maximum atomic E-state index is 12.4. The fourth-order valence-electron chi connectivity index (χ4n) is 2.65. The van der Waals surface area contributed by atoms with Crippen LogP contribution in [-0.4, -0.2) is 27.8 Å². The van der Waals surface area contributed by atoms with Gasteiger partial charge < -0.3 is 0 Å². The molecule has 0 amide bonds. The van der Waals surface area contributed by atoms with Crippen LogP contribution in [0.25, 0.3) is 0 Å². The minimum absolute atomic E-state index is 0.0668. The van der Waals surface area contributed by atoms with Crippen molar-refractivity contribution in [3.63, 3.8) is 0 Å². The average Bonchev–Trinajstić information content (AvgIpc) is 2.59. The lowest BCUT2D eigenvalue weighted by molar-refractivity contribution is -0.384. The summed E-state index contributed by atoms with van der Waals surface area (Å²) < 4.78 is 54.0. The van der Waals surface area contributed by atoms with E-state index < -0.39 is 25.0 Å². The summed E-state index contributed by atoms with van der Waals surface area (Å²) in [5, 5.41) is 10.7.